The zero-order valence-electron chi connectivity index (χ0n) is 15.0. The second kappa shape index (κ2) is 6.02. The molecule has 7 heteroatoms. The molecule has 4 rings (SSSR count). The molecule has 1 unspecified atom stereocenters. The second-order valence-corrected chi connectivity index (χ2v) is 6.83. The summed E-state index contributed by atoms with van der Waals surface area (Å²) in [5.74, 6) is 0.939. The van der Waals surface area contributed by atoms with E-state index in [9.17, 15) is 10.1 Å². The molecule has 2 aliphatic rings. The van der Waals surface area contributed by atoms with Gasteiger partial charge in [-0.25, -0.2) is 5.01 Å². The maximum atomic E-state index is 12.3. The number of carbonyl (C=O) groups excluding carboxylic acids is 1. The number of nitrogen functional groups attached to an aromatic ring is 1. The Balaban J connectivity index is 1.99. The highest BCUT2D eigenvalue weighted by atomic mass is 16.7. The first-order valence-corrected chi connectivity index (χ1v) is 8.51. The molecule has 0 aliphatic carbocycles. The molecule has 136 valence electrons. The molecule has 2 N–H and O–H groups in total. The molecule has 0 saturated carbocycles. The predicted molar refractivity (Wildman–Crippen MR) is 99.3 cm³/mol. The van der Waals surface area contributed by atoms with Crippen LogP contribution in [-0.2, 0) is 11.2 Å². The van der Waals surface area contributed by atoms with E-state index in [4.69, 9.17) is 15.2 Å². The van der Waals surface area contributed by atoms with Crippen LogP contribution in [0, 0.1) is 11.3 Å². The van der Waals surface area contributed by atoms with Crippen molar-refractivity contribution in [2.45, 2.75) is 25.8 Å². The lowest BCUT2D eigenvalue weighted by Gasteiger charge is -2.29. The molecule has 2 heterocycles. The summed E-state index contributed by atoms with van der Waals surface area (Å²) in [6, 6.07) is 13.2. The summed E-state index contributed by atoms with van der Waals surface area (Å²) in [7, 11) is 0. The fourth-order valence-electron chi connectivity index (χ4n) is 3.42. The molecule has 0 saturated heterocycles. The maximum absolute atomic E-state index is 12.3. The van der Waals surface area contributed by atoms with E-state index >= 15 is 0 Å². The van der Waals surface area contributed by atoms with Gasteiger partial charge < -0.3 is 15.2 Å². The number of amides is 1. The highest BCUT2D eigenvalue weighted by Gasteiger charge is 2.39. The van der Waals surface area contributed by atoms with Crippen molar-refractivity contribution >= 4 is 17.3 Å². The number of benzene rings is 2. The van der Waals surface area contributed by atoms with E-state index in [1.807, 2.05) is 24.3 Å². The molecule has 2 aromatic rings. The van der Waals surface area contributed by atoms with Gasteiger partial charge in [-0.1, -0.05) is 12.1 Å². The molecule has 0 aromatic heterocycles. The van der Waals surface area contributed by atoms with Gasteiger partial charge in [-0.3, -0.25) is 4.79 Å². The summed E-state index contributed by atoms with van der Waals surface area (Å²) in [5, 5.41) is 15.7. The van der Waals surface area contributed by atoms with E-state index in [0.717, 1.165) is 16.7 Å². The second-order valence-electron chi connectivity index (χ2n) is 6.83. The summed E-state index contributed by atoms with van der Waals surface area (Å²) < 4.78 is 11.0. The van der Waals surface area contributed by atoms with E-state index in [-0.39, 0.29) is 12.7 Å². The van der Waals surface area contributed by atoms with Gasteiger partial charge >= 0.3 is 0 Å². The highest BCUT2D eigenvalue weighted by Crippen LogP contribution is 2.39. The first-order valence-electron chi connectivity index (χ1n) is 8.51. The van der Waals surface area contributed by atoms with Crippen LogP contribution < -0.4 is 15.2 Å². The van der Waals surface area contributed by atoms with E-state index in [1.165, 1.54) is 11.9 Å². The standard InChI is InChI=1S/C20H18N4O3/c1-12(25)24-20(2,10-21)9-14-7-17-18(27-11-26-17)8-16(14)19(23-24)13-3-5-15(22)6-4-13/h3-8H,9,11,22H2,1-2H3. The van der Waals surface area contributed by atoms with Crippen molar-refractivity contribution < 1.29 is 14.3 Å². The number of fused-ring (bicyclic) bond motifs is 2. The third kappa shape index (κ3) is 2.75. The number of hydrazone groups is 1. The summed E-state index contributed by atoms with van der Waals surface area (Å²) in [4.78, 5) is 12.3. The fraction of sp³-hybridized carbons (Fsp3) is 0.250. The normalized spacial score (nSPS) is 20.3. The van der Waals surface area contributed by atoms with Gasteiger partial charge in [0.15, 0.2) is 17.0 Å². The van der Waals surface area contributed by atoms with Crippen molar-refractivity contribution in [3.8, 4) is 17.6 Å². The Hall–Kier alpha value is -3.53. The van der Waals surface area contributed by atoms with Crippen LogP contribution in [0.3, 0.4) is 0 Å². The molecular formula is C20H18N4O3. The lowest BCUT2D eigenvalue weighted by molar-refractivity contribution is -0.132. The van der Waals surface area contributed by atoms with E-state index in [0.29, 0.717) is 29.3 Å². The van der Waals surface area contributed by atoms with Crippen LogP contribution in [0.1, 0.15) is 30.5 Å². The van der Waals surface area contributed by atoms with Gasteiger partial charge in [0.2, 0.25) is 12.7 Å². The third-order valence-corrected chi connectivity index (χ3v) is 4.78. The third-order valence-electron chi connectivity index (χ3n) is 4.78. The summed E-state index contributed by atoms with van der Waals surface area (Å²) in [6.07, 6.45) is 0.316. The number of anilines is 1. The molecule has 0 spiro atoms. The van der Waals surface area contributed by atoms with E-state index in [2.05, 4.69) is 11.2 Å². The van der Waals surface area contributed by atoms with E-state index < -0.39 is 5.54 Å². The first kappa shape index (κ1) is 16.9. The molecule has 0 bridgehead atoms. The number of carbonyl (C=O) groups is 1. The van der Waals surface area contributed by atoms with Gasteiger partial charge in [0, 0.05) is 30.2 Å². The van der Waals surface area contributed by atoms with Gasteiger partial charge in [0.25, 0.3) is 0 Å². The summed E-state index contributed by atoms with van der Waals surface area (Å²) in [5.41, 5.74) is 8.35. The molecule has 0 radical (unpaired) electrons. The summed E-state index contributed by atoms with van der Waals surface area (Å²) >= 11 is 0. The molecule has 2 aromatic carbocycles. The predicted octanol–water partition coefficient (Wildman–Crippen LogP) is 2.44. The van der Waals surface area contributed by atoms with Gasteiger partial charge in [0.1, 0.15) is 0 Å². The van der Waals surface area contributed by atoms with Gasteiger partial charge in [-0.2, -0.15) is 10.4 Å². The van der Waals surface area contributed by atoms with Crippen LogP contribution in [0.4, 0.5) is 5.69 Å². The van der Waals surface area contributed by atoms with Crippen molar-refractivity contribution in [1.82, 2.24) is 5.01 Å². The topological polar surface area (TPSA) is 101 Å². The lowest BCUT2D eigenvalue weighted by atomic mass is 9.88. The molecule has 2 aliphatic heterocycles. The van der Waals surface area contributed by atoms with Crippen LogP contribution in [0.2, 0.25) is 0 Å². The zero-order valence-corrected chi connectivity index (χ0v) is 15.0. The zero-order chi connectivity index (χ0) is 19.2. The average Bonchev–Trinajstić information content (AvgIpc) is 3.05. The number of hydrogen-bond donors (Lipinski definition) is 1. The maximum Gasteiger partial charge on any atom is 0.241 e. The Kier molecular flexibility index (Phi) is 3.77. The van der Waals surface area contributed by atoms with Crippen molar-refractivity contribution in [2.24, 2.45) is 5.10 Å². The largest absolute Gasteiger partial charge is 0.454 e. The van der Waals surface area contributed by atoms with Crippen LogP contribution in [-0.4, -0.2) is 29.0 Å². The van der Waals surface area contributed by atoms with E-state index in [1.54, 1.807) is 19.1 Å². The minimum absolute atomic E-state index is 0.154. The van der Waals surface area contributed by atoms with Gasteiger partial charge in [0.05, 0.1) is 11.8 Å². The fourth-order valence-corrected chi connectivity index (χ4v) is 3.42. The molecule has 1 amide bonds. The Labute approximate surface area is 156 Å². The Bertz CT molecular complexity index is 1010. The van der Waals surface area contributed by atoms with Crippen LogP contribution in [0.15, 0.2) is 41.5 Å². The lowest BCUT2D eigenvalue weighted by Crippen LogP contribution is -2.46. The summed E-state index contributed by atoms with van der Waals surface area (Å²) in [6.45, 7) is 3.27. The molecule has 27 heavy (non-hydrogen) atoms. The number of rotatable bonds is 1. The molecule has 1 atom stereocenters. The SMILES string of the molecule is CC(=O)N1N=C(c2ccc(N)cc2)c2cc3c(cc2CC1(C)C#N)OCO3. The minimum Gasteiger partial charge on any atom is -0.454 e. The van der Waals surface area contributed by atoms with Crippen LogP contribution >= 0.6 is 0 Å². The monoisotopic (exact) mass is 362 g/mol. The van der Waals surface area contributed by atoms with Crippen molar-refractivity contribution in [3.05, 3.63) is 53.1 Å². The van der Waals surface area contributed by atoms with Crippen LogP contribution in [0.25, 0.3) is 0 Å². The quantitative estimate of drug-likeness (QED) is 0.785. The minimum atomic E-state index is -1.12. The average molecular weight is 362 g/mol. The van der Waals surface area contributed by atoms with Gasteiger partial charge in [-0.05, 0) is 36.8 Å². The number of nitrogens with two attached hydrogens (primary N) is 1. The number of nitriles is 1. The van der Waals surface area contributed by atoms with Crippen molar-refractivity contribution in [2.75, 3.05) is 12.5 Å². The molecule has 7 nitrogen and oxygen atoms in total. The Morgan fingerprint density at radius 1 is 1.26 bits per heavy atom. The van der Waals surface area contributed by atoms with Gasteiger partial charge in [-0.15, -0.1) is 0 Å². The van der Waals surface area contributed by atoms with Crippen LogP contribution in [0.5, 0.6) is 11.5 Å². The number of nitrogens with zero attached hydrogens (tertiary/aromatic N) is 3. The van der Waals surface area contributed by atoms with Crippen molar-refractivity contribution in [1.29, 1.82) is 5.26 Å². The Morgan fingerprint density at radius 2 is 1.93 bits per heavy atom. The molecular weight excluding hydrogens is 344 g/mol. The van der Waals surface area contributed by atoms with Crippen molar-refractivity contribution in [3.63, 3.8) is 0 Å². The number of ether oxygens (including phenoxy) is 2. The number of hydrogen-bond acceptors (Lipinski definition) is 6. The smallest absolute Gasteiger partial charge is 0.241 e. The highest BCUT2D eigenvalue weighted by molar-refractivity contribution is 6.14. The Morgan fingerprint density at radius 3 is 2.56 bits per heavy atom. The molecule has 0 fully saturated rings. The first-order chi connectivity index (χ1) is 12.9.